The molecule has 0 saturated heterocycles. The van der Waals surface area contributed by atoms with Crippen LogP contribution in [0.4, 0.5) is 0 Å². The van der Waals surface area contributed by atoms with Crippen molar-refractivity contribution in [3.8, 4) is 0 Å². The molecule has 118 valence electrons. The zero-order valence-electron chi connectivity index (χ0n) is 13.6. The van der Waals surface area contributed by atoms with Crippen LogP contribution in [-0.2, 0) is 16.6 Å². The summed E-state index contributed by atoms with van der Waals surface area (Å²) in [7, 11) is 1.85. The Bertz CT molecular complexity index is 547. The molecule has 1 heterocycles. The summed E-state index contributed by atoms with van der Waals surface area (Å²) in [6.07, 6.45) is 0.395. The molecule has 2 N–H and O–H groups in total. The maximum absolute atomic E-state index is 12.2. The summed E-state index contributed by atoms with van der Waals surface area (Å²) in [5.41, 5.74) is 1.92. The van der Waals surface area contributed by atoms with Gasteiger partial charge in [0.1, 0.15) is 0 Å². The normalized spacial score (nSPS) is 13.0. The molecule has 1 unspecified atom stereocenters. The number of aromatic nitrogens is 2. The maximum Gasteiger partial charge on any atom is 0.309 e. The molecular formula is C15H25N3O3. The molecule has 1 atom stereocenters. The first-order valence-corrected chi connectivity index (χ1v) is 7.09. The zero-order chi connectivity index (χ0) is 16.4. The van der Waals surface area contributed by atoms with Gasteiger partial charge in [-0.25, -0.2) is 0 Å². The first kappa shape index (κ1) is 17.2. The van der Waals surface area contributed by atoms with Crippen molar-refractivity contribution in [2.24, 2.45) is 12.5 Å². The Morgan fingerprint density at radius 3 is 2.38 bits per heavy atom. The molecule has 0 aliphatic rings. The van der Waals surface area contributed by atoms with Crippen molar-refractivity contribution in [2.75, 3.05) is 6.54 Å². The van der Waals surface area contributed by atoms with Crippen molar-refractivity contribution in [1.29, 1.82) is 0 Å². The number of carboxylic acid groups (broad SMARTS) is 1. The quantitative estimate of drug-likeness (QED) is 0.837. The first-order valence-electron chi connectivity index (χ1n) is 7.09. The number of hydrogen-bond acceptors (Lipinski definition) is 3. The van der Waals surface area contributed by atoms with E-state index >= 15 is 0 Å². The molecule has 0 radical (unpaired) electrons. The third-order valence-corrected chi connectivity index (χ3v) is 4.02. The van der Waals surface area contributed by atoms with Crippen LogP contribution in [0.2, 0.25) is 0 Å². The number of aliphatic carboxylic acids is 1. The number of carboxylic acids is 1. The van der Waals surface area contributed by atoms with Crippen LogP contribution < -0.4 is 5.32 Å². The van der Waals surface area contributed by atoms with Gasteiger partial charge < -0.3 is 10.4 Å². The van der Waals surface area contributed by atoms with E-state index in [1.165, 1.54) is 0 Å². The summed E-state index contributed by atoms with van der Waals surface area (Å²) in [5.74, 6) is -1.26. The SMILES string of the molecule is Cc1nn(C)c(C)c1C(C)C(=O)NCCC(C)(C)C(=O)O. The minimum atomic E-state index is -0.858. The van der Waals surface area contributed by atoms with E-state index in [-0.39, 0.29) is 11.8 Å². The summed E-state index contributed by atoms with van der Waals surface area (Å²) in [5, 5.41) is 16.2. The van der Waals surface area contributed by atoms with E-state index in [0.717, 1.165) is 17.0 Å². The van der Waals surface area contributed by atoms with Crippen molar-refractivity contribution < 1.29 is 14.7 Å². The Morgan fingerprint density at radius 2 is 1.95 bits per heavy atom. The molecule has 0 aliphatic heterocycles. The van der Waals surface area contributed by atoms with Gasteiger partial charge in [0.2, 0.25) is 5.91 Å². The Labute approximate surface area is 125 Å². The number of amides is 1. The van der Waals surface area contributed by atoms with E-state index < -0.39 is 11.4 Å². The van der Waals surface area contributed by atoms with Gasteiger partial charge in [-0.1, -0.05) is 0 Å². The van der Waals surface area contributed by atoms with Gasteiger partial charge >= 0.3 is 5.97 Å². The second-order valence-corrected chi connectivity index (χ2v) is 6.16. The Balaban J connectivity index is 2.66. The zero-order valence-corrected chi connectivity index (χ0v) is 13.6. The number of rotatable bonds is 6. The van der Waals surface area contributed by atoms with Gasteiger partial charge in [0.15, 0.2) is 0 Å². The van der Waals surface area contributed by atoms with Gasteiger partial charge in [-0.3, -0.25) is 14.3 Å². The van der Waals surface area contributed by atoms with E-state index in [9.17, 15) is 9.59 Å². The fourth-order valence-corrected chi connectivity index (χ4v) is 2.31. The molecule has 0 spiro atoms. The van der Waals surface area contributed by atoms with Crippen LogP contribution in [0.3, 0.4) is 0 Å². The fourth-order valence-electron chi connectivity index (χ4n) is 2.31. The Morgan fingerprint density at radius 1 is 1.38 bits per heavy atom. The molecule has 0 aliphatic carbocycles. The Kier molecular flexibility index (Phi) is 5.15. The first-order chi connectivity index (χ1) is 9.58. The van der Waals surface area contributed by atoms with Crippen LogP contribution in [0, 0.1) is 19.3 Å². The minimum Gasteiger partial charge on any atom is -0.481 e. The monoisotopic (exact) mass is 295 g/mol. The minimum absolute atomic E-state index is 0.101. The van der Waals surface area contributed by atoms with Crippen LogP contribution in [0.25, 0.3) is 0 Å². The molecule has 21 heavy (non-hydrogen) atoms. The number of carbonyl (C=O) groups is 2. The molecule has 6 nitrogen and oxygen atoms in total. The van der Waals surface area contributed by atoms with Crippen molar-refractivity contribution in [3.63, 3.8) is 0 Å². The lowest BCUT2D eigenvalue weighted by atomic mass is 9.89. The van der Waals surface area contributed by atoms with Crippen LogP contribution in [-0.4, -0.2) is 33.3 Å². The number of nitrogens with zero attached hydrogens (tertiary/aromatic N) is 2. The van der Waals surface area contributed by atoms with Crippen LogP contribution >= 0.6 is 0 Å². The van der Waals surface area contributed by atoms with E-state index in [0.29, 0.717) is 13.0 Å². The molecule has 1 aromatic rings. The van der Waals surface area contributed by atoms with Gasteiger partial charge in [0.05, 0.1) is 17.0 Å². The summed E-state index contributed by atoms with van der Waals surface area (Å²) in [6.45, 7) is 9.32. The summed E-state index contributed by atoms with van der Waals surface area (Å²) in [4.78, 5) is 23.2. The van der Waals surface area contributed by atoms with Gasteiger partial charge in [-0.05, 0) is 41.0 Å². The Hall–Kier alpha value is -1.85. The number of hydrogen-bond donors (Lipinski definition) is 2. The number of aryl methyl sites for hydroxylation is 2. The average molecular weight is 295 g/mol. The van der Waals surface area contributed by atoms with Crippen molar-refractivity contribution in [1.82, 2.24) is 15.1 Å². The molecule has 0 bridgehead atoms. The van der Waals surface area contributed by atoms with Crippen molar-refractivity contribution in [3.05, 3.63) is 17.0 Å². The van der Waals surface area contributed by atoms with Gasteiger partial charge in [-0.2, -0.15) is 5.10 Å². The molecule has 0 aromatic carbocycles. The highest BCUT2D eigenvalue weighted by Crippen LogP contribution is 2.23. The average Bonchev–Trinajstić information content (AvgIpc) is 2.62. The van der Waals surface area contributed by atoms with Crippen molar-refractivity contribution >= 4 is 11.9 Å². The topological polar surface area (TPSA) is 84.2 Å². The third-order valence-electron chi connectivity index (χ3n) is 4.02. The summed E-state index contributed by atoms with van der Waals surface area (Å²) >= 11 is 0. The van der Waals surface area contributed by atoms with E-state index in [1.54, 1.807) is 18.5 Å². The molecule has 0 fully saturated rings. The largest absolute Gasteiger partial charge is 0.481 e. The molecule has 0 saturated carbocycles. The second kappa shape index (κ2) is 6.28. The highest BCUT2D eigenvalue weighted by molar-refractivity contribution is 5.83. The number of nitrogens with one attached hydrogen (secondary N) is 1. The van der Waals surface area contributed by atoms with Crippen LogP contribution in [0.15, 0.2) is 0 Å². The second-order valence-electron chi connectivity index (χ2n) is 6.16. The van der Waals surface area contributed by atoms with E-state index in [2.05, 4.69) is 10.4 Å². The van der Waals surface area contributed by atoms with Crippen LogP contribution in [0.1, 0.15) is 50.1 Å². The van der Waals surface area contributed by atoms with E-state index in [1.807, 2.05) is 27.8 Å². The standard InChI is InChI=1S/C15H25N3O3/c1-9(12-10(2)17-18(6)11(12)3)13(19)16-8-7-15(4,5)14(20)21/h9H,7-8H2,1-6H3,(H,16,19)(H,20,21). The molecule has 1 rings (SSSR count). The van der Waals surface area contributed by atoms with Crippen LogP contribution in [0.5, 0.6) is 0 Å². The predicted molar refractivity (Wildman–Crippen MR) is 80.1 cm³/mol. The van der Waals surface area contributed by atoms with Gasteiger partial charge in [0, 0.05) is 24.8 Å². The molecule has 6 heteroatoms. The number of carbonyl (C=O) groups excluding carboxylic acids is 1. The third kappa shape index (κ3) is 3.83. The van der Waals surface area contributed by atoms with E-state index in [4.69, 9.17) is 5.11 Å². The lowest BCUT2D eigenvalue weighted by molar-refractivity contribution is -0.147. The van der Waals surface area contributed by atoms with Crippen molar-refractivity contribution in [2.45, 2.75) is 47.0 Å². The summed E-state index contributed by atoms with van der Waals surface area (Å²) < 4.78 is 1.77. The predicted octanol–water partition coefficient (Wildman–Crippen LogP) is 1.76. The molecule has 1 aromatic heterocycles. The highest BCUT2D eigenvalue weighted by Gasteiger charge is 2.27. The maximum atomic E-state index is 12.2. The lowest BCUT2D eigenvalue weighted by Gasteiger charge is -2.20. The van der Waals surface area contributed by atoms with Gasteiger partial charge in [0.25, 0.3) is 0 Å². The van der Waals surface area contributed by atoms with Gasteiger partial charge in [-0.15, -0.1) is 0 Å². The smallest absolute Gasteiger partial charge is 0.309 e. The molecule has 1 amide bonds. The molecular weight excluding hydrogens is 270 g/mol. The fraction of sp³-hybridized carbons (Fsp3) is 0.667. The summed E-state index contributed by atoms with van der Waals surface area (Å²) in [6, 6.07) is 0. The lowest BCUT2D eigenvalue weighted by Crippen LogP contribution is -2.34. The highest BCUT2D eigenvalue weighted by atomic mass is 16.4.